The second kappa shape index (κ2) is 8.09. The van der Waals surface area contributed by atoms with Crippen molar-refractivity contribution in [3.63, 3.8) is 0 Å². The fourth-order valence-electron chi connectivity index (χ4n) is 2.28. The molecule has 3 aromatic rings. The summed E-state index contributed by atoms with van der Waals surface area (Å²) in [5.41, 5.74) is 3.63. The molecule has 0 spiro atoms. The highest BCUT2D eigenvalue weighted by atomic mass is 79.9. The summed E-state index contributed by atoms with van der Waals surface area (Å²) in [5.74, 6) is -0.00259. The van der Waals surface area contributed by atoms with Crippen LogP contribution in [0.5, 0.6) is 0 Å². The average molecular weight is 424 g/mol. The van der Waals surface area contributed by atoms with Crippen LogP contribution in [0.1, 0.15) is 22.3 Å². The first-order valence-electron chi connectivity index (χ1n) is 7.76. The molecule has 0 radical (unpaired) electrons. The highest BCUT2D eigenvalue weighted by Gasteiger charge is 2.09. The molecule has 128 valence electrons. The van der Waals surface area contributed by atoms with Crippen molar-refractivity contribution in [3.8, 4) is 17.3 Å². The van der Waals surface area contributed by atoms with Gasteiger partial charge in [-0.2, -0.15) is 5.26 Å². The van der Waals surface area contributed by atoms with Gasteiger partial charge in [-0.1, -0.05) is 40.2 Å². The average Bonchev–Trinajstić information content (AvgIpc) is 3.13. The minimum atomic E-state index is -0.00259. The largest absolute Gasteiger partial charge is 0.360 e. The minimum Gasteiger partial charge on any atom is -0.360 e. The fourth-order valence-corrected chi connectivity index (χ4v) is 3.33. The third kappa shape index (κ3) is 4.26. The number of thiazole rings is 1. The minimum absolute atomic E-state index is 0.00259. The number of hydrogen-bond acceptors (Lipinski definition) is 5. The molecule has 0 aliphatic carbocycles. The first-order valence-corrected chi connectivity index (χ1v) is 9.44. The van der Waals surface area contributed by atoms with E-state index in [1.807, 2.05) is 35.7 Å². The summed E-state index contributed by atoms with van der Waals surface area (Å²) < 4.78 is 1.01. The van der Waals surface area contributed by atoms with Gasteiger partial charge in [-0.15, -0.1) is 11.3 Å². The Balaban J connectivity index is 1.82. The number of hydrogen-bond donors (Lipinski definition) is 1. The molecule has 0 bridgehead atoms. The third-order valence-corrected chi connectivity index (χ3v) is 5.05. The quantitative estimate of drug-likeness (QED) is 0.418. The summed E-state index contributed by atoms with van der Waals surface area (Å²) in [6, 6.07) is 17.2. The number of nitrogens with zero attached hydrogens (tertiary/aromatic N) is 2. The molecule has 0 amide bonds. The second-order valence-corrected chi connectivity index (χ2v) is 7.27. The van der Waals surface area contributed by atoms with Gasteiger partial charge in [-0.3, -0.25) is 4.79 Å². The van der Waals surface area contributed by atoms with Crippen LogP contribution in [0.4, 0.5) is 5.69 Å². The Morgan fingerprint density at radius 3 is 2.73 bits per heavy atom. The summed E-state index contributed by atoms with van der Waals surface area (Å²) >= 11 is 4.83. The number of Topliss-reactive ketones (excluding diaryl/α,β-unsaturated/α-hetero) is 1. The lowest BCUT2D eigenvalue weighted by Crippen LogP contribution is -1.95. The molecule has 0 saturated heterocycles. The predicted molar refractivity (Wildman–Crippen MR) is 109 cm³/mol. The summed E-state index contributed by atoms with van der Waals surface area (Å²) in [4.78, 5) is 16.0. The molecule has 1 N–H and O–H groups in total. The van der Waals surface area contributed by atoms with E-state index in [1.54, 1.807) is 24.4 Å². The molecule has 4 nitrogen and oxygen atoms in total. The summed E-state index contributed by atoms with van der Waals surface area (Å²) in [7, 11) is 0. The third-order valence-electron chi connectivity index (χ3n) is 3.65. The van der Waals surface area contributed by atoms with Crippen molar-refractivity contribution in [1.29, 1.82) is 5.26 Å². The van der Waals surface area contributed by atoms with Crippen LogP contribution in [0.3, 0.4) is 0 Å². The normalized spacial score (nSPS) is 11.0. The zero-order valence-electron chi connectivity index (χ0n) is 13.9. The molecule has 2 aromatic carbocycles. The lowest BCUT2D eigenvalue weighted by atomic mass is 10.1. The van der Waals surface area contributed by atoms with Crippen LogP contribution in [0.15, 0.2) is 64.6 Å². The van der Waals surface area contributed by atoms with Gasteiger partial charge in [0.2, 0.25) is 0 Å². The highest BCUT2D eigenvalue weighted by Crippen LogP contribution is 2.27. The molecule has 0 unspecified atom stereocenters. The molecule has 1 aromatic heterocycles. The maximum absolute atomic E-state index is 11.5. The number of ketones is 1. The van der Waals surface area contributed by atoms with Crippen molar-refractivity contribution < 1.29 is 4.79 Å². The van der Waals surface area contributed by atoms with Crippen LogP contribution in [0.2, 0.25) is 0 Å². The second-order valence-electron chi connectivity index (χ2n) is 5.50. The van der Waals surface area contributed by atoms with Crippen molar-refractivity contribution in [3.05, 3.63) is 75.2 Å². The van der Waals surface area contributed by atoms with E-state index in [0.717, 1.165) is 21.4 Å². The van der Waals surface area contributed by atoms with E-state index >= 15 is 0 Å². The summed E-state index contributed by atoms with van der Waals surface area (Å²) in [5, 5.41) is 15.1. The van der Waals surface area contributed by atoms with Gasteiger partial charge in [0, 0.05) is 32.9 Å². The molecular formula is C20H14BrN3OS. The number of carbonyl (C=O) groups excluding carboxylic acids is 1. The number of carbonyl (C=O) groups is 1. The Labute approximate surface area is 164 Å². The van der Waals surface area contributed by atoms with Crippen LogP contribution in [0, 0.1) is 11.3 Å². The zero-order valence-corrected chi connectivity index (χ0v) is 16.3. The van der Waals surface area contributed by atoms with Gasteiger partial charge in [0.1, 0.15) is 16.6 Å². The van der Waals surface area contributed by atoms with E-state index in [4.69, 9.17) is 0 Å². The van der Waals surface area contributed by atoms with Gasteiger partial charge in [0.05, 0.1) is 5.69 Å². The molecule has 26 heavy (non-hydrogen) atoms. The zero-order chi connectivity index (χ0) is 18.5. The van der Waals surface area contributed by atoms with Crippen molar-refractivity contribution in [2.24, 2.45) is 0 Å². The van der Waals surface area contributed by atoms with Crippen LogP contribution in [0.25, 0.3) is 16.8 Å². The van der Waals surface area contributed by atoms with E-state index < -0.39 is 0 Å². The number of anilines is 1. The van der Waals surface area contributed by atoms with E-state index in [2.05, 4.69) is 32.3 Å². The van der Waals surface area contributed by atoms with Gasteiger partial charge in [0.25, 0.3) is 0 Å². The Morgan fingerprint density at radius 1 is 1.27 bits per heavy atom. The van der Waals surface area contributed by atoms with Crippen LogP contribution in [-0.2, 0) is 0 Å². The number of nitrogens with one attached hydrogen (secondary N) is 1. The summed E-state index contributed by atoms with van der Waals surface area (Å²) in [6.07, 6.45) is 1.61. The smallest absolute Gasteiger partial charge is 0.159 e. The predicted octanol–water partition coefficient (Wildman–Crippen LogP) is 5.75. The van der Waals surface area contributed by atoms with Gasteiger partial charge >= 0.3 is 0 Å². The van der Waals surface area contributed by atoms with E-state index in [9.17, 15) is 10.1 Å². The van der Waals surface area contributed by atoms with Gasteiger partial charge in [-0.05, 0) is 31.2 Å². The van der Waals surface area contributed by atoms with Crippen molar-refractivity contribution in [2.45, 2.75) is 6.92 Å². The number of allylic oxidation sites excluding steroid dienone is 1. The van der Waals surface area contributed by atoms with E-state index in [-0.39, 0.29) is 5.78 Å². The number of aromatic nitrogens is 1. The van der Waals surface area contributed by atoms with Gasteiger partial charge in [-0.25, -0.2) is 4.98 Å². The monoisotopic (exact) mass is 423 g/mol. The molecule has 0 aliphatic heterocycles. The van der Waals surface area contributed by atoms with E-state index in [1.165, 1.54) is 18.3 Å². The van der Waals surface area contributed by atoms with Gasteiger partial charge in [0.15, 0.2) is 5.78 Å². The van der Waals surface area contributed by atoms with Crippen LogP contribution >= 0.6 is 27.3 Å². The van der Waals surface area contributed by atoms with Crippen molar-refractivity contribution >= 4 is 44.3 Å². The molecule has 0 atom stereocenters. The molecule has 6 heteroatoms. The molecule has 3 rings (SSSR count). The van der Waals surface area contributed by atoms with Crippen molar-refractivity contribution in [2.75, 3.05) is 5.32 Å². The number of rotatable bonds is 5. The molecule has 1 heterocycles. The SMILES string of the molecule is CC(=O)c1cccc(NC=C(C#N)c2nc(-c3ccc(Br)cc3)cs2)c1. The van der Waals surface area contributed by atoms with E-state index in [0.29, 0.717) is 16.1 Å². The lowest BCUT2D eigenvalue weighted by molar-refractivity contribution is 0.101. The maximum Gasteiger partial charge on any atom is 0.159 e. The Kier molecular flexibility index (Phi) is 5.61. The Morgan fingerprint density at radius 2 is 2.04 bits per heavy atom. The number of nitriles is 1. The van der Waals surface area contributed by atoms with Crippen molar-refractivity contribution in [1.82, 2.24) is 4.98 Å². The summed E-state index contributed by atoms with van der Waals surface area (Å²) in [6.45, 7) is 1.52. The fraction of sp³-hybridized carbons (Fsp3) is 0.0500. The van der Waals surface area contributed by atoms with Crippen LogP contribution in [-0.4, -0.2) is 10.8 Å². The van der Waals surface area contributed by atoms with Gasteiger partial charge < -0.3 is 5.32 Å². The Bertz CT molecular complexity index is 1020. The first kappa shape index (κ1) is 18.1. The number of benzene rings is 2. The number of halogens is 1. The molecule has 0 saturated carbocycles. The Hall–Kier alpha value is -2.75. The topological polar surface area (TPSA) is 65.8 Å². The lowest BCUT2D eigenvalue weighted by Gasteiger charge is -2.03. The first-order chi connectivity index (χ1) is 12.6. The molecule has 0 fully saturated rings. The highest BCUT2D eigenvalue weighted by molar-refractivity contribution is 9.10. The molecule has 0 aliphatic rings. The van der Waals surface area contributed by atoms with Crippen LogP contribution < -0.4 is 5.32 Å². The molecular weight excluding hydrogens is 410 g/mol. The standard InChI is InChI=1S/C20H14BrN3OS/c1-13(25)15-3-2-4-18(9-15)23-11-16(10-22)20-24-19(12-26-20)14-5-7-17(21)8-6-14/h2-9,11-12,23H,1H3. The maximum atomic E-state index is 11.5.